The lowest BCUT2D eigenvalue weighted by Gasteiger charge is -2.35. The van der Waals surface area contributed by atoms with Gasteiger partial charge in [-0.3, -0.25) is 0 Å². The predicted molar refractivity (Wildman–Crippen MR) is 91.8 cm³/mol. The fraction of sp³-hybridized carbons (Fsp3) is 0.600. The van der Waals surface area contributed by atoms with Gasteiger partial charge in [0.2, 0.25) is 0 Å². The first-order chi connectivity index (χ1) is 9.61. The van der Waals surface area contributed by atoms with Gasteiger partial charge >= 0.3 is 0 Å². The Morgan fingerprint density at radius 1 is 1.00 bits per heavy atom. The highest BCUT2D eigenvalue weighted by molar-refractivity contribution is 5.76. The van der Waals surface area contributed by atoms with Gasteiger partial charge in [-0.1, -0.05) is 27.7 Å². The molecule has 0 radical (unpaired) electrons. The van der Waals surface area contributed by atoms with Gasteiger partial charge < -0.3 is 4.74 Å². The topological polar surface area (TPSA) is 9.23 Å². The van der Waals surface area contributed by atoms with Gasteiger partial charge in [0.05, 0.1) is 5.76 Å². The molecular weight excluding hydrogens is 256 g/mol. The Bertz CT molecular complexity index is 612. The van der Waals surface area contributed by atoms with Crippen molar-refractivity contribution in [3.8, 4) is 0 Å². The molecule has 1 aliphatic rings. The molecule has 1 heterocycles. The Kier molecular flexibility index (Phi) is 3.99. The Morgan fingerprint density at radius 2 is 1.57 bits per heavy atom. The zero-order chi connectivity index (χ0) is 16.1. The van der Waals surface area contributed by atoms with Gasteiger partial charge in [0.1, 0.15) is 6.10 Å². The van der Waals surface area contributed by atoms with E-state index in [1.807, 2.05) is 0 Å². The lowest BCUT2D eigenvalue weighted by molar-refractivity contribution is 0.130. The Hall–Kier alpha value is -1.24. The molecule has 0 N–H and O–H groups in total. The highest BCUT2D eigenvalue weighted by atomic mass is 16.5. The average molecular weight is 286 g/mol. The third-order valence-electron chi connectivity index (χ3n) is 4.98. The minimum atomic E-state index is 0.154. The second-order valence-corrected chi connectivity index (χ2v) is 7.44. The van der Waals surface area contributed by atoms with Crippen LogP contribution in [-0.4, -0.2) is 0 Å². The van der Waals surface area contributed by atoms with Gasteiger partial charge in [-0.15, -0.1) is 0 Å². The van der Waals surface area contributed by atoms with Crippen LogP contribution in [0.2, 0.25) is 0 Å². The third-order valence-corrected chi connectivity index (χ3v) is 4.98. The molecule has 1 unspecified atom stereocenters. The predicted octanol–water partition coefficient (Wildman–Crippen LogP) is 6.01. The molecule has 1 aromatic rings. The average Bonchev–Trinajstić information content (AvgIpc) is 2.36. The van der Waals surface area contributed by atoms with Crippen molar-refractivity contribution in [2.75, 3.05) is 0 Å². The van der Waals surface area contributed by atoms with Gasteiger partial charge in [-0.2, -0.15) is 0 Å². The van der Waals surface area contributed by atoms with Gasteiger partial charge in [-0.25, -0.2) is 0 Å². The van der Waals surface area contributed by atoms with Crippen molar-refractivity contribution < 1.29 is 4.74 Å². The summed E-state index contributed by atoms with van der Waals surface area (Å²) in [6.45, 7) is 20.3. The Balaban J connectivity index is 2.98. The maximum Gasteiger partial charge on any atom is 0.121 e. The fourth-order valence-corrected chi connectivity index (χ4v) is 3.98. The van der Waals surface area contributed by atoms with Crippen LogP contribution in [0.5, 0.6) is 0 Å². The number of hydrogen-bond donors (Lipinski definition) is 0. The first-order valence-corrected chi connectivity index (χ1v) is 8.12. The summed E-state index contributed by atoms with van der Waals surface area (Å²) in [4.78, 5) is 0. The zero-order valence-corrected chi connectivity index (χ0v) is 15.2. The van der Waals surface area contributed by atoms with E-state index in [9.17, 15) is 0 Å². The summed E-state index contributed by atoms with van der Waals surface area (Å²) in [5, 5.41) is 0. The molecule has 21 heavy (non-hydrogen) atoms. The first-order valence-electron chi connectivity index (χ1n) is 8.12. The number of rotatable bonds is 1. The van der Waals surface area contributed by atoms with Crippen LogP contribution in [-0.2, 0) is 16.6 Å². The maximum absolute atomic E-state index is 6.07. The van der Waals surface area contributed by atoms with Crippen LogP contribution in [0.4, 0.5) is 0 Å². The van der Waals surface area contributed by atoms with Crippen molar-refractivity contribution in [3.63, 3.8) is 0 Å². The summed E-state index contributed by atoms with van der Waals surface area (Å²) >= 11 is 0. The summed E-state index contributed by atoms with van der Waals surface area (Å²) in [7, 11) is 0. The minimum absolute atomic E-state index is 0.154. The van der Waals surface area contributed by atoms with E-state index in [-0.39, 0.29) is 11.5 Å². The standard InChI is InChI=1S/C20H30O/c1-10-16-18-13(4)14(5)21-15(6)17(18)11(2)12(3)19(16)20(7,8)9/h15H,10H2,1-9H3. The molecule has 1 aliphatic heterocycles. The number of allylic oxidation sites excluding steroid dienone is 2. The van der Waals surface area contributed by atoms with E-state index in [0.717, 1.165) is 12.2 Å². The monoisotopic (exact) mass is 286 g/mol. The lowest BCUT2D eigenvalue weighted by Crippen LogP contribution is -2.22. The van der Waals surface area contributed by atoms with Crippen molar-refractivity contribution in [1.82, 2.24) is 0 Å². The van der Waals surface area contributed by atoms with Crippen molar-refractivity contribution in [3.05, 3.63) is 39.1 Å². The molecule has 0 fully saturated rings. The molecule has 1 aromatic carbocycles. The first kappa shape index (κ1) is 16.1. The van der Waals surface area contributed by atoms with Crippen LogP contribution in [0.25, 0.3) is 5.57 Å². The molecule has 1 heteroatoms. The van der Waals surface area contributed by atoms with Crippen molar-refractivity contribution in [2.24, 2.45) is 0 Å². The van der Waals surface area contributed by atoms with Gasteiger partial charge in [0, 0.05) is 5.56 Å². The van der Waals surface area contributed by atoms with E-state index in [2.05, 4.69) is 62.3 Å². The second kappa shape index (κ2) is 5.19. The van der Waals surface area contributed by atoms with Gasteiger partial charge in [0.25, 0.3) is 0 Å². The summed E-state index contributed by atoms with van der Waals surface area (Å²) < 4.78 is 6.07. The zero-order valence-electron chi connectivity index (χ0n) is 15.2. The fourth-order valence-electron chi connectivity index (χ4n) is 3.98. The number of ether oxygens (including phenoxy) is 1. The highest BCUT2D eigenvalue weighted by Gasteiger charge is 2.31. The van der Waals surface area contributed by atoms with E-state index >= 15 is 0 Å². The van der Waals surface area contributed by atoms with E-state index in [1.165, 1.54) is 39.0 Å². The smallest absolute Gasteiger partial charge is 0.121 e. The molecule has 1 nitrogen and oxygen atoms in total. The van der Waals surface area contributed by atoms with E-state index < -0.39 is 0 Å². The van der Waals surface area contributed by atoms with E-state index in [4.69, 9.17) is 4.74 Å². The molecule has 0 aromatic heterocycles. The second-order valence-electron chi connectivity index (χ2n) is 7.44. The number of benzene rings is 1. The van der Waals surface area contributed by atoms with Crippen molar-refractivity contribution in [2.45, 2.75) is 80.3 Å². The normalized spacial score (nSPS) is 18.6. The summed E-state index contributed by atoms with van der Waals surface area (Å²) in [6, 6.07) is 0. The summed E-state index contributed by atoms with van der Waals surface area (Å²) in [5.41, 5.74) is 10.3. The Labute approximate surface area is 130 Å². The summed E-state index contributed by atoms with van der Waals surface area (Å²) in [6.07, 6.45) is 1.23. The molecule has 116 valence electrons. The third kappa shape index (κ3) is 2.41. The molecular formula is C20H30O. The molecule has 0 saturated carbocycles. The molecule has 0 saturated heterocycles. The maximum atomic E-state index is 6.07. The quantitative estimate of drug-likeness (QED) is 0.614. The molecule has 0 bridgehead atoms. The van der Waals surface area contributed by atoms with Crippen molar-refractivity contribution in [1.29, 1.82) is 0 Å². The SMILES string of the molecule is CCc1c2c(c(C)c(C)c1C(C)(C)C)C(C)OC(C)=C2C. The van der Waals surface area contributed by atoms with Crippen LogP contribution in [0.15, 0.2) is 5.76 Å². The molecule has 1 atom stereocenters. The number of fused-ring (bicyclic) bond motifs is 1. The minimum Gasteiger partial charge on any atom is -0.490 e. The van der Waals surface area contributed by atoms with Gasteiger partial charge in [-0.05, 0) is 79.8 Å². The highest BCUT2D eigenvalue weighted by Crippen LogP contribution is 2.45. The molecule has 0 aliphatic carbocycles. The van der Waals surface area contributed by atoms with Crippen LogP contribution in [0.1, 0.15) is 88.0 Å². The van der Waals surface area contributed by atoms with Gasteiger partial charge in [0.15, 0.2) is 0 Å². The van der Waals surface area contributed by atoms with Crippen LogP contribution in [0.3, 0.4) is 0 Å². The van der Waals surface area contributed by atoms with Crippen LogP contribution in [0, 0.1) is 13.8 Å². The van der Waals surface area contributed by atoms with E-state index in [0.29, 0.717) is 0 Å². The molecule has 2 rings (SSSR count). The van der Waals surface area contributed by atoms with Crippen molar-refractivity contribution >= 4 is 5.57 Å². The van der Waals surface area contributed by atoms with E-state index in [1.54, 1.807) is 0 Å². The molecule has 0 amide bonds. The van der Waals surface area contributed by atoms with Crippen LogP contribution < -0.4 is 0 Å². The number of hydrogen-bond acceptors (Lipinski definition) is 1. The summed E-state index contributed by atoms with van der Waals surface area (Å²) in [5.74, 6) is 1.08. The molecule has 0 spiro atoms. The largest absolute Gasteiger partial charge is 0.490 e. The lowest BCUT2D eigenvalue weighted by atomic mass is 9.73. The Morgan fingerprint density at radius 3 is 2.05 bits per heavy atom. The van der Waals surface area contributed by atoms with Crippen LogP contribution >= 0.6 is 0 Å².